The summed E-state index contributed by atoms with van der Waals surface area (Å²) in [5.41, 5.74) is 0.996. The van der Waals surface area contributed by atoms with Crippen LogP contribution in [0.2, 0.25) is 0 Å². The SMILES string of the molecule is CC.CCCCC.CCOC(=O)/C=C\c1ccccc1. The Balaban J connectivity index is 0. The molecule has 1 aromatic rings. The first-order valence-corrected chi connectivity index (χ1v) is 7.64. The van der Waals surface area contributed by atoms with Crippen LogP contribution in [0.5, 0.6) is 0 Å². The van der Waals surface area contributed by atoms with E-state index in [1.807, 2.05) is 44.2 Å². The van der Waals surface area contributed by atoms with Crippen molar-refractivity contribution in [3.05, 3.63) is 42.0 Å². The van der Waals surface area contributed by atoms with Gasteiger partial charge in [-0.15, -0.1) is 0 Å². The van der Waals surface area contributed by atoms with Crippen LogP contribution in [0.15, 0.2) is 36.4 Å². The van der Waals surface area contributed by atoms with Crippen LogP contribution in [0.1, 0.15) is 59.4 Å². The number of hydrogen-bond donors (Lipinski definition) is 0. The predicted molar refractivity (Wildman–Crippen MR) is 88.7 cm³/mol. The Kier molecular flexibility index (Phi) is 18.1. The molecule has 2 heteroatoms. The Bertz CT molecular complexity index is 327. The van der Waals surface area contributed by atoms with Crippen molar-refractivity contribution in [3.8, 4) is 0 Å². The summed E-state index contributed by atoms with van der Waals surface area (Å²) in [5, 5.41) is 0. The Morgan fingerprint density at radius 3 is 2.00 bits per heavy atom. The lowest BCUT2D eigenvalue weighted by atomic mass is 10.2. The van der Waals surface area contributed by atoms with Gasteiger partial charge >= 0.3 is 5.97 Å². The number of esters is 1. The maximum Gasteiger partial charge on any atom is 0.330 e. The van der Waals surface area contributed by atoms with E-state index in [9.17, 15) is 4.79 Å². The number of unbranched alkanes of at least 4 members (excludes halogenated alkanes) is 2. The third-order valence-electron chi connectivity index (χ3n) is 2.21. The molecule has 0 saturated carbocycles. The van der Waals surface area contributed by atoms with Gasteiger partial charge in [0.05, 0.1) is 6.61 Å². The molecule has 0 saturated heterocycles. The van der Waals surface area contributed by atoms with Gasteiger partial charge in [-0.05, 0) is 18.6 Å². The minimum Gasteiger partial charge on any atom is -0.463 e. The van der Waals surface area contributed by atoms with E-state index in [1.165, 1.54) is 25.3 Å². The molecule has 0 aliphatic carbocycles. The predicted octanol–water partition coefficient (Wildman–Crippen LogP) is 5.49. The van der Waals surface area contributed by atoms with Gasteiger partial charge in [-0.25, -0.2) is 4.79 Å². The molecule has 0 spiro atoms. The molecule has 0 aliphatic heterocycles. The molecule has 0 aromatic heterocycles. The third-order valence-corrected chi connectivity index (χ3v) is 2.21. The molecule has 0 N–H and O–H groups in total. The van der Waals surface area contributed by atoms with Crippen LogP contribution in [-0.4, -0.2) is 12.6 Å². The van der Waals surface area contributed by atoms with E-state index in [1.54, 1.807) is 13.0 Å². The van der Waals surface area contributed by atoms with E-state index in [2.05, 4.69) is 13.8 Å². The highest BCUT2D eigenvalue weighted by Gasteiger charge is 1.92. The lowest BCUT2D eigenvalue weighted by molar-refractivity contribution is -0.137. The Labute approximate surface area is 124 Å². The summed E-state index contributed by atoms with van der Waals surface area (Å²) in [6, 6.07) is 9.63. The standard InChI is InChI=1S/C11H12O2.C5H12.C2H6/c1-2-13-11(12)9-8-10-6-4-3-5-7-10;1-3-5-4-2;1-2/h3-9H,2H2,1H3;3-5H2,1-2H3;1-2H3/b9-8-;;. The van der Waals surface area contributed by atoms with Crippen molar-refractivity contribution < 1.29 is 9.53 Å². The molecule has 0 fully saturated rings. The van der Waals surface area contributed by atoms with Gasteiger partial charge in [-0.3, -0.25) is 0 Å². The largest absolute Gasteiger partial charge is 0.463 e. The molecular formula is C18H30O2. The summed E-state index contributed by atoms with van der Waals surface area (Å²) >= 11 is 0. The van der Waals surface area contributed by atoms with E-state index < -0.39 is 0 Å². The average Bonchev–Trinajstić information content (AvgIpc) is 2.50. The topological polar surface area (TPSA) is 26.3 Å². The van der Waals surface area contributed by atoms with Crippen LogP contribution in [0.4, 0.5) is 0 Å². The van der Waals surface area contributed by atoms with Gasteiger partial charge in [0, 0.05) is 6.08 Å². The summed E-state index contributed by atoms with van der Waals surface area (Å²) in [7, 11) is 0. The number of carbonyl (C=O) groups excluding carboxylic acids is 1. The molecule has 0 radical (unpaired) electrons. The monoisotopic (exact) mass is 278 g/mol. The molecule has 0 bridgehead atoms. The summed E-state index contributed by atoms with van der Waals surface area (Å²) in [4.78, 5) is 10.9. The van der Waals surface area contributed by atoms with Crippen LogP contribution in [0.3, 0.4) is 0 Å². The second kappa shape index (κ2) is 17.4. The normalized spacial score (nSPS) is 9.05. The third kappa shape index (κ3) is 14.5. The number of hydrogen-bond acceptors (Lipinski definition) is 2. The van der Waals surface area contributed by atoms with Crippen molar-refractivity contribution >= 4 is 12.0 Å². The Morgan fingerprint density at radius 2 is 1.60 bits per heavy atom. The number of carbonyl (C=O) groups is 1. The van der Waals surface area contributed by atoms with Gasteiger partial charge < -0.3 is 4.74 Å². The summed E-state index contributed by atoms with van der Waals surface area (Å²) in [6.07, 6.45) is 7.24. The molecule has 1 aromatic carbocycles. The fraction of sp³-hybridized carbons (Fsp3) is 0.500. The molecule has 114 valence electrons. The fourth-order valence-corrected chi connectivity index (χ4v) is 1.27. The summed E-state index contributed by atoms with van der Waals surface area (Å²) in [5.74, 6) is -0.300. The van der Waals surface area contributed by atoms with Crippen molar-refractivity contribution in [2.24, 2.45) is 0 Å². The second-order valence-corrected chi connectivity index (χ2v) is 3.85. The van der Waals surface area contributed by atoms with Gasteiger partial charge in [-0.1, -0.05) is 77.3 Å². The van der Waals surface area contributed by atoms with Crippen molar-refractivity contribution in [2.75, 3.05) is 6.61 Å². The lowest BCUT2D eigenvalue weighted by Crippen LogP contribution is -1.98. The summed E-state index contributed by atoms with van der Waals surface area (Å²) in [6.45, 7) is 10.6. The highest BCUT2D eigenvalue weighted by Crippen LogP contribution is 2.00. The molecule has 2 nitrogen and oxygen atoms in total. The molecule has 20 heavy (non-hydrogen) atoms. The maximum absolute atomic E-state index is 10.9. The van der Waals surface area contributed by atoms with Crippen LogP contribution >= 0.6 is 0 Å². The van der Waals surface area contributed by atoms with E-state index in [0.717, 1.165) is 5.56 Å². The molecule has 0 aliphatic rings. The lowest BCUT2D eigenvalue weighted by Gasteiger charge is -1.94. The van der Waals surface area contributed by atoms with Crippen molar-refractivity contribution in [1.82, 2.24) is 0 Å². The molecule has 0 unspecified atom stereocenters. The Hall–Kier alpha value is -1.57. The van der Waals surface area contributed by atoms with E-state index in [0.29, 0.717) is 6.61 Å². The Morgan fingerprint density at radius 1 is 1.05 bits per heavy atom. The zero-order chi connectivity index (χ0) is 15.6. The molecule has 0 heterocycles. The molecule has 1 rings (SSSR count). The van der Waals surface area contributed by atoms with Crippen molar-refractivity contribution in [1.29, 1.82) is 0 Å². The highest BCUT2D eigenvalue weighted by molar-refractivity contribution is 5.86. The minimum absolute atomic E-state index is 0.300. The summed E-state index contributed by atoms with van der Waals surface area (Å²) < 4.78 is 4.74. The van der Waals surface area contributed by atoms with E-state index in [-0.39, 0.29) is 5.97 Å². The first-order valence-electron chi connectivity index (χ1n) is 7.64. The van der Waals surface area contributed by atoms with Gasteiger partial charge in [0.1, 0.15) is 0 Å². The number of rotatable bonds is 5. The van der Waals surface area contributed by atoms with Gasteiger partial charge in [0.15, 0.2) is 0 Å². The van der Waals surface area contributed by atoms with Crippen LogP contribution in [-0.2, 0) is 9.53 Å². The van der Waals surface area contributed by atoms with Crippen molar-refractivity contribution in [2.45, 2.75) is 53.9 Å². The zero-order valence-corrected chi connectivity index (χ0v) is 13.7. The first-order chi connectivity index (χ1) is 9.74. The van der Waals surface area contributed by atoms with Crippen LogP contribution < -0.4 is 0 Å². The number of benzene rings is 1. The quantitative estimate of drug-likeness (QED) is 0.526. The van der Waals surface area contributed by atoms with Crippen molar-refractivity contribution in [3.63, 3.8) is 0 Å². The van der Waals surface area contributed by atoms with Gasteiger partial charge in [-0.2, -0.15) is 0 Å². The first kappa shape index (κ1) is 20.7. The highest BCUT2D eigenvalue weighted by atomic mass is 16.5. The smallest absolute Gasteiger partial charge is 0.330 e. The minimum atomic E-state index is -0.300. The van der Waals surface area contributed by atoms with E-state index in [4.69, 9.17) is 4.74 Å². The average molecular weight is 278 g/mol. The van der Waals surface area contributed by atoms with Crippen LogP contribution in [0.25, 0.3) is 6.08 Å². The second-order valence-electron chi connectivity index (χ2n) is 3.85. The number of ether oxygens (including phenoxy) is 1. The van der Waals surface area contributed by atoms with E-state index >= 15 is 0 Å². The maximum atomic E-state index is 10.9. The molecule has 0 atom stereocenters. The molecular weight excluding hydrogens is 248 g/mol. The molecule has 0 amide bonds. The van der Waals surface area contributed by atoms with Gasteiger partial charge in [0.25, 0.3) is 0 Å². The van der Waals surface area contributed by atoms with Crippen LogP contribution in [0, 0.1) is 0 Å². The fourth-order valence-electron chi connectivity index (χ4n) is 1.27. The van der Waals surface area contributed by atoms with Gasteiger partial charge in [0.2, 0.25) is 0 Å². The zero-order valence-electron chi connectivity index (χ0n) is 13.7.